The van der Waals surface area contributed by atoms with Crippen LogP contribution in [-0.4, -0.2) is 10.1 Å². The van der Waals surface area contributed by atoms with E-state index in [1.165, 1.54) is 6.07 Å². The number of hydrogen-bond donors (Lipinski definition) is 1. The van der Waals surface area contributed by atoms with Gasteiger partial charge in [0, 0.05) is 15.7 Å². The third-order valence-electron chi connectivity index (χ3n) is 2.71. The zero-order chi connectivity index (χ0) is 14.1. The van der Waals surface area contributed by atoms with Crippen molar-refractivity contribution in [2.75, 3.05) is 5.73 Å². The predicted molar refractivity (Wildman–Crippen MR) is 77.2 cm³/mol. The second kappa shape index (κ2) is 5.05. The first kappa shape index (κ1) is 12.8. The van der Waals surface area contributed by atoms with Gasteiger partial charge in [-0.25, -0.2) is 4.39 Å². The molecule has 0 unspecified atom stereocenters. The molecular weight excluding hydrogens is 325 g/mol. The van der Waals surface area contributed by atoms with E-state index in [1.54, 1.807) is 36.4 Å². The van der Waals surface area contributed by atoms with Gasteiger partial charge in [0.25, 0.3) is 5.89 Å². The van der Waals surface area contributed by atoms with Crippen LogP contribution < -0.4 is 5.73 Å². The largest absolute Gasteiger partial charge is 0.399 e. The number of anilines is 1. The monoisotopic (exact) mass is 333 g/mol. The molecule has 0 aliphatic carbocycles. The molecule has 2 aromatic carbocycles. The predicted octanol–water partition coefficient (Wildman–Crippen LogP) is 3.89. The number of nitrogens with two attached hydrogens (primary N) is 1. The zero-order valence-electron chi connectivity index (χ0n) is 10.2. The molecule has 6 heteroatoms. The van der Waals surface area contributed by atoms with Crippen LogP contribution in [0.25, 0.3) is 22.8 Å². The van der Waals surface area contributed by atoms with Gasteiger partial charge in [-0.15, -0.1) is 0 Å². The average molecular weight is 334 g/mol. The van der Waals surface area contributed by atoms with Crippen molar-refractivity contribution in [2.24, 2.45) is 0 Å². The van der Waals surface area contributed by atoms with E-state index in [-0.39, 0.29) is 11.7 Å². The lowest BCUT2D eigenvalue weighted by molar-refractivity contribution is 0.432. The standard InChI is InChI=1S/C14H9BrFN3O/c15-9-5-8(6-10(17)7-9)14-18-13(19-20-14)11-3-1-2-4-12(11)16/h1-7H,17H2. The molecule has 0 bridgehead atoms. The Bertz CT molecular complexity index is 752. The molecule has 0 aliphatic heterocycles. The van der Waals surface area contributed by atoms with Gasteiger partial charge in [-0.1, -0.05) is 33.2 Å². The molecule has 1 heterocycles. The van der Waals surface area contributed by atoms with Gasteiger partial charge in [0.1, 0.15) is 5.82 Å². The molecule has 0 aliphatic rings. The van der Waals surface area contributed by atoms with Crippen LogP contribution in [0.15, 0.2) is 51.5 Å². The Morgan fingerprint density at radius 2 is 1.95 bits per heavy atom. The van der Waals surface area contributed by atoms with Crippen LogP contribution in [0.2, 0.25) is 0 Å². The first-order valence-electron chi connectivity index (χ1n) is 5.78. The summed E-state index contributed by atoms with van der Waals surface area (Å²) in [5.41, 5.74) is 7.30. The van der Waals surface area contributed by atoms with Crippen LogP contribution in [0.5, 0.6) is 0 Å². The van der Waals surface area contributed by atoms with Gasteiger partial charge >= 0.3 is 0 Å². The minimum atomic E-state index is -0.395. The summed E-state index contributed by atoms with van der Waals surface area (Å²) in [7, 11) is 0. The molecule has 20 heavy (non-hydrogen) atoms. The maximum Gasteiger partial charge on any atom is 0.258 e. The van der Waals surface area contributed by atoms with Gasteiger partial charge in [-0.3, -0.25) is 0 Å². The molecule has 0 radical (unpaired) electrons. The van der Waals surface area contributed by atoms with Crippen LogP contribution in [-0.2, 0) is 0 Å². The van der Waals surface area contributed by atoms with E-state index in [2.05, 4.69) is 26.1 Å². The normalized spacial score (nSPS) is 10.7. The molecule has 0 amide bonds. The maximum absolute atomic E-state index is 13.7. The number of rotatable bonds is 2. The SMILES string of the molecule is Nc1cc(Br)cc(-c2nc(-c3ccccc3F)no2)c1. The minimum Gasteiger partial charge on any atom is -0.399 e. The summed E-state index contributed by atoms with van der Waals surface area (Å²) in [5, 5.41) is 3.80. The van der Waals surface area contributed by atoms with Crippen molar-refractivity contribution >= 4 is 21.6 Å². The number of nitrogen functional groups attached to an aromatic ring is 1. The fourth-order valence-electron chi connectivity index (χ4n) is 1.83. The summed E-state index contributed by atoms with van der Waals surface area (Å²) in [6.45, 7) is 0. The lowest BCUT2D eigenvalue weighted by Crippen LogP contribution is -1.87. The molecule has 0 saturated heterocycles. The maximum atomic E-state index is 13.7. The van der Waals surface area contributed by atoms with Crippen LogP contribution in [0.1, 0.15) is 0 Å². The first-order valence-corrected chi connectivity index (χ1v) is 6.58. The third-order valence-corrected chi connectivity index (χ3v) is 3.17. The Morgan fingerprint density at radius 3 is 2.70 bits per heavy atom. The highest BCUT2D eigenvalue weighted by molar-refractivity contribution is 9.10. The second-order valence-electron chi connectivity index (χ2n) is 4.18. The van der Waals surface area contributed by atoms with Crippen molar-refractivity contribution in [3.8, 4) is 22.8 Å². The topological polar surface area (TPSA) is 64.9 Å². The Kier molecular flexibility index (Phi) is 3.23. The van der Waals surface area contributed by atoms with E-state index in [0.29, 0.717) is 16.8 Å². The molecule has 2 N–H and O–H groups in total. The zero-order valence-corrected chi connectivity index (χ0v) is 11.8. The van der Waals surface area contributed by atoms with E-state index in [4.69, 9.17) is 10.3 Å². The summed E-state index contributed by atoms with van der Waals surface area (Å²) >= 11 is 3.34. The highest BCUT2D eigenvalue weighted by atomic mass is 79.9. The van der Waals surface area contributed by atoms with E-state index in [9.17, 15) is 4.39 Å². The smallest absolute Gasteiger partial charge is 0.258 e. The quantitative estimate of drug-likeness (QED) is 0.722. The second-order valence-corrected chi connectivity index (χ2v) is 5.09. The lowest BCUT2D eigenvalue weighted by atomic mass is 10.2. The van der Waals surface area contributed by atoms with Crippen LogP contribution in [0, 0.1) is 5.82 Å². The molecular formula is C14H9BrFN3O. The number of aromatic nitrogens is 2. The molecule has 0 fully saturated rings. The third kappa shape index (κ3) is 2.42. The van der Waals surface area contributed by atoms with Crippen molar-refractivity contribution < 1.29 is 8.91 Å². The number of benzene rings is 2. The van der Waals surface area contributed by atoms with Crippen LogP contribution in [0.4, 0.5) is 10.1 Å². The van der Waals surface area contributed by atoms with Crippen molar-refractivity contribution in [1.29, 1.82) is 0 Å². The molecule has 0 atom stereocenters. The van der Waals surface area contributed by atoms with Gasteiger partial charge < -0.3 is 10.3 Å². The van der Waals surface area contributed by atoms with Crippen molar-refractivity contribution in [3.05, 3.63) is 52.8 Å². The molecule has 1 aromatic heterocycles. The van der Waals surface area contributed by atoms with E-state index < -0.39 is 5.82 Å². The molecule has 0 spiro atoms. The van der Waals surface area contributed by atoms with Gasteiger partial charge in [0.15, 0.2) is 0 Å². The highest BCUT2D eigenvalue weighted by Crippen LogP contribution is 2.27. The molecule has 3 rings (SSSR count). The molecule has 0 saturated carbocycles. The number of nitrogens with zero attached hydrogens (tertiary/aromatic N) is 2. The van der Waals surface area contributed by atoms with Crippen molar-refractivity contribution in [3.63, 3.8) is 0 Å². The van der Waals surface area contributed by atoms with E-state index in [1.807, 2.05) is 0 Å². The fraction of sp³-hybridized carbons (Fsp3) is 0. The fourth-order valence-corrected chi connectivity index (χ4v) is 2.34. The molecule has 4 nitrogen and oxygen atoms in total. The van der Waals surface area contributed by atoms with Gasteiger partial charge in [-0.05, 0) is 30.3 Å². The number of hydrogen-bond acceptors (Lipinski definition) is 4. The first-order chi connectivity index (χ1) is 9.63. The van der Waals surface area contributed by atoms with Gasteiger partial charge in [0.05, 0.1) is 5.56 Å². The van der Waals surface area contributed by atoms with Gasteiger partial charge in [-0.2, -0.15) is 4.98 Å². The highest BCUT2D eigenvalue weighted by Gasteiger charge is 2.14. The average Bonchev–Trinajstić information content (AvgIpc) is 2.87. The summed E-state index contributed by atoms with van der Waals surface area (Å²) < 4.78 is 19.6. The Morgan fingerprint density at radius 1 is 1.15 bits per heavy atom. The van der Waals surface area contributed by atoms with E-state index in [0.717, 1.165) is 4.47 Å². The van der Waals surface area contributed by atoms with Gasteiger partial charge in [0.2, 0.25) is 5.82 Å². The summed E-state index contributed by atoms with van der Waals surface area (Å²) in [6, 6.07) is 11.5. The van der Waals surface area contributed by atoms with Crippen molar-refractivity contribution in [2.45, 2.75) is 0 Å². The summed E-state index contributed by atoms with van der Waals surface area (Å²) in [5.74, 6) is 0.0986. The van der Waals surface area contributed by atoms with Crippen LogP contribution >= 0.6 is 15.9 Å². The Balaban J connectivity index is 2.04. The van der Waals surface area contributed by atoms with E-state index >= 15 is 0 Å². The number of halogens is 2. The Hall–Kier alpha value is -2.21. The molecule has 100 valence electrons. The van der Waals surface area contributed by atoms with Crippen molar-refractivity contribution in [1.82, 2.24) is 10.1 Å². The minimum absolute atomic E-state index is 0.205. The molecule has 3 aromatic rings. The lowest BCUT2D eigenvalue weighted by Gasteiger charge is -1.98. The summed E-state index contributed by atoms with van der Waals surface area (Å²) in [4.78, 5) is 4.20. The Labute approximate surface area is 122 Å². The summed E-state index contributed by atoms with van der Waals surface area (Å²) in [6.07, 6.45) is 0. The van der Waals surface area contributed by atoms with Crippen LogP contribution in [0.3, 0.4) is 0 Å².